The number of nitrogens with one attached hydrogen (secondary N) is 1. The molecule has 0 radical (unpaired) electrons. The number of nitrogens with zero attached hydrogens (tertiary/aromatic N) is 2. The first kappa shape index (κ1) is 14.6. The number of rotatable bonds is 2. The molecule has 0 aliphatic carbocycles. The van der Waals surface area contributed by atoms with Crippen LogP contribution in [0.1, 0.15) is 18.9 Å². The molecule has 106 valence electrons. The van der Waals surface area contributed by atoms with Crippen LogP contribution in [0.4, 0.5) is 10.5 Å². The van der Waals surface area contributed by atoms with Crippen LogP contribution in [-0.2, 0) is 4.74 Å². The lowest BCUT2D eigenvalue weighted by molar-refractivity contribution is -0.0134. The monoisotopic (exact) mass is 293 g/mol. The summed E-state index contributed by atoms with van der Waals surface area (Å²) in [4.78, 5) is 13.9. The van der Waals surface area contributed by atoms with E-state index in [0.717, 1.165) is 6.42 Å². The van der Waals surface area contributed by atoms with E-state index >= 15 is 0 Å². The van der Waals surface area contributed by atoms with Gasteiger partial charge in [-0.25, -0.2) is 4.79 Å². The third kappa shape index (κ3) is 3.41. The maximum absolute atomic E-state index is 12.2. The Morgan fingerprint density at radius 1 is 1.65 bits per heavy atom. The van der Waals surface area contributed by atoms with Crippen molar-refractivity contribution < 1.29 is 9.53 Å². The molecule has 20 heavy (non-hydrogen) atoms. The first-order valence-corrected chi connectivity index (χ1v) is 6.89. The first-order chi connectivity index (χ1) is 9.63. The number of halogens is 1. The predicted molar refractivity (Wildman–Crippen MR) is 76.8 cm³/mol. The molecule has 1 fully saturated rings. The van der Waals surface area contributed by atoms with Gasteiger partial charge < -0.3 is 15.0 Å². The highest BCUT2D eigenvalue weighted by Crippen LogP contribution is 2.20. The summed E-state index contributed by atoms with van der Waals surface area (Å²) in [5.41, 5.74) is 0.911. The number of carbonyl (C=O) groups excluding carboxylic acids is 1. The molecule has 1 heterocycles. The van der Waals surface area contributed by atoms with E-state index in [1.54, 1.807) is 23.1 Å². The average Bonchev–Trinajstić information content (AvgIpc) is 2.49. The minimum atomic E-state index is -0.182. The fourth-order valence-corrected chi connectivity index (χ4v) is 2.20. The van der Waals surface area contributed by atoms with Crippen molar-refractivity contribution in [2.24, 2.45) is 0 Å². The van der Waals surface area contributed by atoms with Crippen LogP contribution in [0.5, 0.6) is 0 Å². The van der Waals surface area contributed by atoms with Crippen LogP contribution in [0.15, 0.2) is 18.2 Å². The number of urea groups is 1. The number of hydrogen-bond donors (Lipinski definition) is 1. The second-order valence-electron chi connectivity index (χ2n) is 4.58. The topological polar surface area (TPSA) is 65.4 Å². The summed E-state index contributed by atoms with van der Waals surface area (Å²) in [6.45, 7) is 3.74. The van der Waals surface area contributed by atoms with Gasteiger partial charge in [0.15, 0.2) is 0 Å². The molecule has 1 aromatic rings. The number of carbonyl (C=O) groups is 1. The molecule has 2 rings (SSSR count). The Morgan fingerprint density at radius 2 is 2.45 bits per heavy atom. The largest absolute Gasteiger partial charge is 0.375 e. The minimum absolute atomic E-state index is 0.0920. The lowest BCUT2D eigenvalue weighted by atomic mass is 10.2. The lowest BCUT2D eigenvalue weighted by Crippen LogP contribution is -2.47. The number of amides is 2. The number of hydrogen-bond acceptors (Lipinski definition) is 3. The van der Waals surface area contributed by atoms with Crippen molar-refractivity contribution in [3.8, 4) is 6.07 Å². The highest BCUT2D eigenvalue weighted by molar-refractivity contribution is 6.31. The van der Waals surface area contributed by atoms with Gasteiger partial charge in [-0.1, -0.05) is 18.5 Å². The molecule has 0 saturated carbocycles. The Morgan fingerprint density at radius 3 is 3.15 bits per heavy atom. The molecule has 0 bridgehead atoms. The molecular formula is C14H16ClN3O2. The van der Waals surface area contributed by atoms with Gasteiger partial charge in [-0.3, -0.25) is 0 Å². The Kier molecular flexibility index (Phi) is 4.83. The predicted octanol–water partition coefficient (Wildman–Crippen LogP) is 2.85. The molecule has 1 atom stereocenters. The zero-order valence-electron chi connectivity index (χ0n) is 11.2. The molecule has 1 saturated heterocycles. The van der Waals surface area contributed by atoms with E-state index < -0.39 is 0 Å². The zero-order valence-corrected chi connectivity index (χ0v) is 12.0. The Labute approximate surface area is 123 Å². The van der Waals surface area contributed by atoms with Gasteiger partial charge in [-0.05, 0) is 24.6 Å². The smallest absolute Gasteiger partial charge is 0.322 e. The van der Waals surface area contributed by atoms with Crippen LogP contribution in [0.25, 0.3) is 0 Å². The van der Waals surface area contributed by atoms with Crippen LogP contribution < -0.4 is 5.32 Å². The van der Waals surface area contributed by atoms with Gasteiger partial charge in [-0.15, -0.1) is 0 Å². The Balaban J connectivity index is 2.02. The van der Waals surface area contributed by atoms with Gasteiger partial charge in [0.05, 0.1) is 23.3 Å². The van der Waals surface area contributed by atoms with E-state index in [0.29, 0.717) is 36.0 Å². The highest BCUT2D eigenvalue weighted by Gasteiger charge is 2.23. The maximum atomic E-state index is 12.2. The Hall–Kier alpha value is -1.77. The van der Waals surface area contributed by atoms with E-state index in [1.165, 1.54) is 0 Å². The number of morpholine rings is 1. The highest BCUT2D eigenvalue weighted by atomic mass is 35.5. The van der Waals surface area contributed by atoms with Crippen molar-refractivity contribution in [1.82, 2.24) is 4.90 Å². The van der Waals surface area contributed by atoms with E-state index in [-0.39, 0.29) is 12.1 Å². The molecule has 5 nitrogen and oxygen atoms in total. The van der Waals surface area contributed by atoms with Crippen LogP contribution >= 0.6 is 11.6 Å². The third-order valence-corrected chi connectivity index (χ3v) is 3.55. The molecule has 0 spiro atoms. The SMILES string of the molecule is CC[C@H]1CN(C(=O)Nc2ccc(Cl)c(C#N)c2)CCO1. The fourth-order valence-electron chi connectivity index (χ4n) is 2.04. The van der Waals surface area contributed by atoms with E-state index in [1.807, 2.05) is 13.0 Å². The van der Waals surface area contributed by atoms with Crippen molar-refractivity contribution in [3.63, 3.8) is 0 Å². The van der Waals surface area contributed by atoms with Crippen LogP contribution in [0, 0.1) is 11.3 Å². The molecule has 2 amide bonds. The number of benzene rings is 1. The molecule has 1 N–H and O–H groups in total. The van der Waals surface area contributed by atoms with Gasteiger partial charge in [0, 0.05) is 18.8 Å². The summed E-state index contributed by atoms with van der Waals surface area (Å²) >= 11 is 5.86. The van der Waals surface area contributed by atoms with Gasteiger partial charge in [0.25, 0.3) is 0 Å². The van der Waals surface area contributed by atoms with Crippen LogP contribution in [0.3, 0.4) is 0 Å². The normalized spacial score (nSPS) is 18.4. The van der Waals surface area contributed by atoms with Crippen molar-refractivity contribution in [3.05, 3.63) is 28.8 Å². The van der Waals surface area contributed by atoms with E-state index in [9.17, 15) is 4.79 Å². The van der Waals surface area contributed by atoms with Crippen molar-refractivity contribution >= 4 is 23.3 Å². The van der Waals surface area contributed by atoms with Crippen molar-refractivity contribution in [2.45, 2.75) is 19.4 Å². The van der Waals surface area contributed by atoms with Crippen molar-refractivity contribution in [2.75, 3.05) is 25.0 Å². The summed E-state index contributed by atoms with van der Waals surface area (Å²) in [7, 11) is 0. The van der Waals surface area contributed by atoms with Gasteiger partial charge in [0.1, 0.15) is 6.07 Å². The molecular weight excluding hydrogens is 278 g/mol. The van der Waals surface area contributed by atoms with Gasteiger partial charge in [-0.2, -0.15) is 5.26 Å². The molecule has 1 aliphatic rings. The minimum Gasteiger partial charge on any atom is -0.375 e. The van der Waals surface area contributed by atoms with Gasteiger partial charge in [0.2, 0.25) is 0 Å². The van der Waals surface area contributed by atoms with E-state index in [4.69, 9.17) is 21.6 Å². The van der Waals surface area contributed by atoms with Crippen LogP contribution in [-0.4, -0.2) is 36.7 Å². The second kappa shape index (κ2) is 6.60. The summed E-state index contributed by atoms with van der Waals surface area (Å²) in [5.74, 6) is 0. The lowest BCUT2D eigenvalue weighted by Gasteiger charge is -2.32. The fraction of sp³-hybridized carbons (Fsp3) is 0.429. The quantitative estimate of drug-likeness (QED) is 0.912. The second-order valence-corrected chi connectivity index (χ2v) is 4.99. The summed E-state index contributed by atoms with van der Waals surface area (Å²) in [5, 5.41) is 12.1. The first-order valence-electron chi connectivity index (χ1n) is 6.51. The zero-order chi connectivity index (χ0) is 14.5. The number of nitriles is 1. The maximum Gasteiger partial charge on any atom is 0.322 e. The van der Waals surface area contributed by atoms with Crippen LogP contribution in [0.2, 0.25) is 5.02 Å². The molecule has 6 heteroatoms. The molecule has 1 aromatic carbocycles. The van der Waals surface area contributed by atoms with Gasteiger partial charge >= 0.3 is 6.03 Å². The third-order valence-electron chi connectivity index (χ3n) is 3.22. The molecule has 0 unspecified atom stereocenters. The average molecular weight is 294 g/mol. The standard InChI is InChI=1S/C14H16ClN3O2/c1-2-12-9-18(5-6-20-12)14(19)17-11-3-4-13(15)10(7-11)8-16/h3-4,7,12H,2,5-6,9H2,1H3,(H,17,19)/t12-/m0/s1. The molecule has 1 aliphatic heterocycles. The summed E-state index contributed by atoms with van der Waals surface area (Å²) < 4.78 is 5.53. The van der Waals surface area contributed by atoms with E-state index in [2.05, 4.69) is 5.32 Å². The molecule has 0 aromatic heterocycles. The summed E-state index contributed by atoms with van der Waals surface area (Å²) in [6.07, 6.45) is 0.970. The summed E-state index contributed by atoms with van der Waals surface area (Å²) in [6, 6.07) is 6.65. The Bertz CT molecular complexity index is 542. The number of anilines is 1. The van der Waals surface area contributed by atoms with Crippen molar-refractivity contribution in [1.29, 1.82) is 5.26 Å². The number of ether oxygens (including phenoxy) is 1.